The van der Waals surface area contributed by atoms with Crippen LogP contribution in [0.2, 0.25) is 5.02 Å². The van der Waals surface area contributed by atoms with Crippen LogP contribution in [0.5, 0.6) is 5.75 Å². The number of halogens is 4. The van der Waals surface area contributed by atoms with Crippen molar-refractivity contribution in [3.05, 3.63) is 64.2 Å². The van der Waals surface area contributed by atoms with E-state index in [1.54, 1.807) is 0 Å². The van der Waals surface area contributed by atoms with Crippen LogP contribution < -0.4 is 4.18 Å². The summed E-state index contributed by atoms with van der Waals surface area (Å²) in [6.45, 7) is 0. The van der Waals surface area contributed by atoms with Crippen molar-refractivity contribution in [2.24, 2.45) is 0 Å². The molecule has 24 heavy (non-hydrogen) atoms. The average molecular weight is 376 g/mol. The first-order chi connectivity index (χ1) is 11.1. The Morgan fingerprint density at radius 1 is 1.17 bits per heavy atom. The van der Waals surface area contributed by atoms with E-state index in [9.17, 15) is 21.6 Å². The van der Waals surface area contributed by atoms with Gasteiger partial charge in [-0.2, -0.15) is 26.9 Å². The third kappa shape index (κ3) is 4.63. The minimum atomic E-state index is -4.57. The van der Waals surface area contributed by atoms with E-state index in [0.717, 1.165) is 18.2 Å². The summed E-state index contributed by atoms with van der Waals surface area (Å²) in [7, 11) is -4.23. The van der Waals surface area contributed by atoms with Crippen molar-refractivity contribution in [1.29, 1.82) is 5.26 Å². The zero-order valence-electron chi connectivity index (χ0n) is 11.8. The second-order valence-electron chi connectivity index (χ2n) is 4.74. The Hall–Kier alpha value is -2.24. The van der Waals surface area contributed by atoms with Gasteiger partial charge in [-0.3, -0.25) is 0 Å². The lowest BCUT2D eigenvalue weighted by Gasteiger charge is -2.11. The fraction of sp³-hybridized carbons (Fsp3) is 0.133. The highest BCUT2D eigenvalue weighted by molar-refractivity contribution is 7.86. The maximum atomic E-state index is 12.6. The van der Waals surface area contributed by atoms with Crippen molar-refractivity contribution in [3.63, 3.8) is 0 Å². The van der Waals surface area contributed by atoms with Crippen molar-refractivity contribution < 1.29 is 25.8 Å². The molecule has 0 radical (unpaired) electrons. The van der Waals surface area contributed by atoms with Gasteiger partial charge >= 0.3 is 16.3 Å². The maximum absolute atomic E-state index is 12.6. The van der Waals surface area contributed by atoms with Crippen LogP contribution >= 0.6 is 11.6 Å². The van der Waals surface area contributed by atoms with Gasteiger partial charge < -0.3 is 4.18 Å². The third-order valence-electron chi connectivity index (χ3n) is 2.88. The van der Waals surface area contributed by atoms with E-state index in [1.165, 1.54) is 24.3 Å². The summed E-state index contributed by atoms with van der Waals surface area (Å²) in [6.07, 6.45) is -4.57. The van der Waals surface area contributed by atoms with Crippen LogP contribution in [0, 0.1) is 11.3 Å². The molecule has 2 aromatic rings. The van der Waals surface area contributed by atoms with Crippen LogP contribution in [-0.4, -0.2) is 8.42 Å². The highest BCUT2D eigenvalue weighted by Gasteiger charge is 2.30. The molecule has 126 valence electrons. The van der Waals surface area contributed by atoms with Gasteiger partial charge in [0, 0.05) is 0 Å². The van der Waals surface area contributed by atoms with E-state index in [0.29, 0.717) is 0 Å². The van der Waals surface area contributed by atoms with Crippen LogP contribution in [0.15, 0.2) is 42.5 Å². The quantitative estimate of drug-likeness (QED) is 0.753. The number of hydrogen-bond donors (Lipinski definition) is 0. The molecule has 0 fully saturated rings. The topological polar surface area (TPSA) is 67.2 Å². The molecule has 0 aliphatic carbocycles. The van der Waals surface area contributed by atoms with Crippen LogP contribution in [0.3, 0.4) is 0 Å². The highest BCUT2D eigenvalue weighted by atomic mass is 35.5. The predicted molar refractivity (Wildman–Crippen MR) is 80.9 cm³/mol. The second kappa shape index (κ2) is 6.71. The van der Waals surface area contributed by atoms with E-state index in [2.05, 4.69) is 0 Å². The predicted octanol–water partition coefficient (Wildman–Crippen LogP) is 4.14. The molecule has 0 heterocycles. The lowest BCUT2D eigenvalue weighted by molar-refractivity contribution is -0.137. The van der Waals surface area contributed by atoms with Gasteiger partial charge in [-0.15, -0.1) is 0 Å². The Bertz CT molecular complexity index is 905. The smallest absolute Gasteiger partial charge is 0.381 e. The van der Waals surface area contributed by atoms with E-state index >= 15 is 0 Å². The maximum Gasteiger partial charge on any atom is 0.416 e. The van der Waals surface area contributed by atoms with Gasteiger partial charge in [0.1, 0.15) is 5.75 Å². The van der Waals surface area contributed by atoms with Crippen molar-refractivity contribution >= 4 is 21.7 Å². The Morgan fingerprint density at radius 3 is 2.46 bits per heavy atom. The van der Waals surface area contributed by atoms with Crippen molar-refractivity contribution in [2.75, 3.05) is 0 Å². The van der Waals surface area contributed by atoms with E-state index in [4.69, 9.17) is 21.0 Å². The number of benzene rings is 2. The van der Waals surface area contributed by atoms with Gasteiger partial charge in [-0.05, 0) is 29.8 Å². The summed E-state index contributed by atoms with van der Waals surface area (Å²) in [4.78, 5) is 0. The number of alkyl halides is 3. The van der Waals surface area contributed by atoms with E-state index in [-0.39, 0.29) is 21.9 Å². The molecule has 0 N–H and O–H groups in total. The minimum Gasteiger partial charge on any atom is -0.381 e. The first kappa shape index (κ1) is 18.1. The molecule has 0 amide bonds. The first-order valence-electron chi connectivity index (χ1n) is 6.39. The van der Waals surface area contributed by atoms with Gasteiger partial charge in [0.2, 0.25) is 0 Å². The summed E-state index contributed by atoms with van der Waals surface area (Å²) >= 11 is 5.81. The zero-order valence-corrected chi connectivity index (χ0v) is 13.4. The Kier molecular flexibility index (Phi) is 5.06. The first-order valence-corrected chi connectivity index (χ1v) is 8.34. The molecule has 0 saturated carbocycles. The van der Waals surface area contributed by atoms with Crippen LogP contribution in [0.25, 0.3) is 0 Å². The molecule has 0 aliphatic rings. The van der Waals surface area contributed by atoms with Crippen LogP contribution in [-0.2, 0) is 22.0 Å². The summed E-state index contributed by atoms with van der Waals surface area (Å²) < 4.78 is 66.8. The van der Waals surface area contributed by atoms with Gasteiger partial charge in [-0.1, -0.05) is 29.8 Å². The van der Waals surface area contributed by atoms with Gasteiger partial charge in [0.05, 0.1) is 22.2 Å². The van der Waals surface area contributed by atoms with Crippen molar-refractivity contribution in [1.82, 2.24) is 0 Å². The van der Waals surface area contributed by atoms with E-state index < -0.39 is 27.6 Å². The number of hydrogen-bond acceptors (Lipinski definition) is 4. The molecule has 0 unspecified atom stereocenters. The third-order valence-corrected chi connectivity index (χ3v) is 4.29. The molecule has 2 rings (SSSR count). The Morgan fingerprint density at radius 2 is 1.88 bits per heavy atom. The molecule has 0 aliphatic heterocycles. The number of nitriles is 1. The molecule has 4 nitrogen and oxygen atoms in total. The van der Waals surface area contributed by atoms with Gasteiger partial charge in [0.15, 0.2) is 5.75 Å². The van der Waals surface area contributed by atoms with Crippen molar-refractivity contribution in [2.45, 2.75) is 11.9 Å². The molecule has 2 aromatic carbocycles. The average Bonchev–Trinajstić information content (AvgIpc) is 2.48. The fourth-order valence-electron chi connectivity index (χ4n) is 1.85. The fourth-order valence-corrected chi connectivity index (χ4v) is 3.18. The van der Waals surface area contributed by atoms with Gasteiger partial charge in [-0.25, -0.2) is 0 Å². The molecule has 0 bridgehead atoms. The Balaban J connectivity index is 2.22. The zero-order chi connectivity index (χ0) is 18.0. The molecule has 0 saturated heterocycles. The number of rotatable bonds is 4. The van der Waals surface area contributed by atoms with Crippen molar-refractivity contribution in [3.8, 4) is 11.8 Å². The van der Waals surface area contributed by atoms with Gasteiger partial charge in [0.25, 0.3) is 0 Å². The van der Waals surface area contributed by atoms with Crippen LogP contribution in [0.1, 0.15) is 16.7 Å². The lowest BCUT2D eigenvalue weighted by atomic mass is 10.1. The molecule has 0 spiro atoms. The Labute approximate surface area is 141 Å². The second-order valence-corrected chi connectivity index (χ2v) is 6.72. The SMILES string of the molecule is N#Cc1ccc(OS(=O)(=O)Cc2cccc(C(F)(F)F)c2)c(Cl)c1. The highest BCUT2D eigenvalue weighted by Crippen LogP contribution is 2.31. The minimum absolute atomic E-state index is 0.0745. The molecular weight excluding hydrogens is 367 g/mol. The van der Waals surface area contributed by atoms with E-state index in [1.807, 2.05) is 6.07 Å². The standard InChI is InChI=1S/C15H9ClF3NO3S/c16-13-7-10(8-20)4-5-14(13)23-24(21,22)9-11-2-1-3-12(6-11)15(17,18)19/h1-7H,9H2. The summed E-state index contributed by atoms with van der Waals surface area (Å²) in [6, 6.07) is 9.49. The number of nitrogens with zero attached hydrogens (tertiary/aromatic N) is 1. The molecular formula is C15H9ClF3NO3S. The summed E-state index contributed by atoms with van der Waals surface area (Å²) in [5, 5.41) is 8.62. The molecule has 0 atom stereocenters. The lowest BCUT2D eigenvalue weighted by Crippen LogP contribution is -2.13. The summed E-state index contributed by atoms with van der Waals surface area (Å²) in [5.41, 5.74) is -0.816. The monoisotopic (exact) mass is 375 g/mol. The summed E-state index contributed by atoms with van der Waals surface area (Å²) in [5.74, 6) is -0.963. The molecule has 9 heteroatoms. The van der Waals surface area contributed by atoms with Crippen LogP contribution in [0.4, 0.5) is 13.2 Å². The molecule has 0 aromatic heterocycles. The largest absolute Gasteiger partial charge is 0.416 e. The normalized spacial score (nSPS) is 11.8.